The summed E-state index contributed by atoms with van der Waals surface area (Å²) in [5.74, 6) is 0.153. The van der Waals surface area contributed by atoms with Crippen LogP contribution < -0.4 is 0 Å². The maximum atomic E-state index is 12.4. The summed E-state index contributed by atoms with van der Waals surface area (Å²) in [7, 11) is 1.47. The molecule has 3 aromatic carbocycles. The largest absolute Gasteiger partial charge is 0.493 e. The van der Waals surface area contributed by atoms with Gasteiger partial charge in [-0.25, -0.2) is 0 Å². The van der Waals surface area contributed by atoms with Crippen molar-refractivity contribution in [3.8, 4) is 11.1 Å². The zero-order valence-electron chi connectivity index (χ0n) is 13.4. The number of hydrogen-bond donors (Lipinski definition) is 0. The van der Waals surface area contributed by atoms with Crippen molar-refractivity contribution in [2.45, 2.75) is 0 Å². The van der Waals surface area contributed by atoms with Crippen molar-refractivity contribution in [3.63, 3.8) is 0 Å². The van der Waals surface area contributed by atoms with Crippen molar-refractivity contribution in [1.82, 2.24) is 0 Å². The number of methoxy groups -OCH3 is 1. The molecule has 0 unspecified atom stereocenters. The van der Waals surface area contributed by atoms with E-state index in [-0.39, 0.29) is 17.2 Å². The zero-order chi connectivity index (χ0) is 17.6. The minimum Gasteiger partial charge on any atom is -0.493 e. The van der Waals surface area contributed by atoms with Crippen LogP contribution in [0.15, 0.2) is 60.4 Å². The molecule has 5 heteroatoms. The molecule has 0 atom stereocenters. The number of nitro groups is 1. The van der Waals surface area contributed by atoms with Crippen LogP contribution in [0.5, 0.6) is 0 Å². The lowest BCUT2D eigenvalue weighted by atomic mass is 9.88. The van der Waals surface area contributed by atoms with Crippen molar-refractivity contribution < 1.29 is 14.5 Å². The van der Waals surface area contributed by atoms with Gasteiger partial charge in [0.1, 0.15) is 0 Å². The van der Waals surface area contributed by atoms with Crippen molar-refractivity contribution >= 4 is 28.3 Å². The van der Waals surface area contributed by atoms with Crippen LogP contribution in [-0.4, -0.2) is 17.8 Å². The summed E-state index contributed by atoms with van der Waals surface area (Å²) in [5.41, 5.74) is 3.12. The van der Waals surface area contributed by atoms with Gasteiger partial charge in [0, 0.05) is 23.1 Å². The highest BCUT2D eigenvalue weighted by atomic mass is 16.6. The molecule has 0 bridgehead atoms. The van der Waals surface area contributed by atoms with Gasteiger partial charge >= 0.3 is 0 Å². The maximum Gasteiger partial charge on any atom is 0.270 e. The smallest absolute Gasteiger partial charge is 0.270 e. The molecule has 122 valence electrons. The summed E-state index contributed by atoms with van der Waals surface area (Å²) in [4.78, 5) is 23.1. The fourth-order valence-electron chi connectivity index (χ4n) is 3.22. The van der Waals surface area contributed by atoms with Gasteiger partial charge in [-0.3, -0.25) is 14.9 Å². The lowest BCUT2D eigenvalue weighted by Crippen LogP contribution is -2.10. The van der Waals surface area contributed by atoms with E-state index in [2.05, 4.69) is 0 Å². The number of carbonyl (C=O) groups is 1. The standard InChI is InChI=1S/C20H13NO4/c1-25-18-11-15-9-14(12-4-2-6-16(10-12)21(23)24)8-13-5-3-7-17(19(13)15)20(18)22/h2-11H,1H3. The van der Waals surface area contributed by atoms with E-state index in [1.54, 1.807) is 24.3 Å². The van der Waals surface area contributed by atoms with E-state index in [1.807, 2.05) is 30.3 Å². The monoisotopic (exact) mass is 331 g/mol. The molecule has 0 aromatic heterocycles. The van der Waals surface area contributed by atoms with Crippen LogP contribution in [0.1, 0.15) is 15.9 Å². The first-order valence-electron chi connectivity index (χ1n) is 7.70. The number of Topliss-reactive ketones (excluding diaryl/α,β-unsaturated/α-hetero) is 1. The number of rotatable bonds is 3. The van der Waals surface area contributed by atoms with Crippen molar-refractivity contribution in [1.29, 1.82) is 0 Å². The fourth-order valence-corrected chi connectivity index (χ4v) is 3.22. The van der Waals surface area contributed by atoms with E-state index in [0.29, 0.717) is 5.56 Å². The van der Waals surface area contributed by atoms with Crippen LogP contribution >= 0.6 is 0 Å². The van der Waals surface area contributed by atoms with E-state index >= 15 is 0 Å². The van der Waals surface area contributed by atoms with Gasteiger partial charge in [0.2, 0.25) is 5.78 Å². The number of nitro benzene ring substituents is 1. The summed E-state index contributed by atoms with van der Waals surface area (Å²) in [6.45, 7) is 0. The number of allylic oxidation sites excluding steroid dienone is 1. The van der Waals surface area contributed by atoms with Crippen LogP contribution in [0.25, 0.3) is 28.0 Å². The van der Waals surface area contributed by atoms with E-state index in [1.165, 1.54) is 13.2 Å². The van der Waals surface area contributed by atoms with Crippen LogP contribution in [0.4, 0.5) is 5.69 Å². The predicted molar refractivity (Wildman–Crippen MR) is 95.4 cm³/mol. The van der Waals surface area contributed by atoms with Gasteiger partial charge in [-0.15, -0.1) is 0 Å². The Bertz CT molecular complexity index is 1080. The number of ketones is 1. The van der Waals surface area contributed by atoms with Crippen molar-refractivity contribution in [2.75, 3.05) is 7.11 Å². The summed E-state index contributed by atoms with van der Waals surface area (Å²) in [6, 6.07) is 15.9. The minimum absolute atomic E-state index is 0.0447. The third-order valence-electron chi connectivity index (χ3n) is 4.37. The zero-order valence-corrected chi connectivity index (χ0v) is 13.4. The molecule has 0 saturated heterocycles. The van der Waals surface area contributed by atoms with E-state index in [4.69, 9.17) is 4.74 Å². The van der Waals surface area contributed by atoms with Gasteiger partial charge in [0.25, 0.3) is 5.69 Å². The van der Waals surface area contributed by atoms with Gasteiger partial charge in [-0.2, -0.15) is 0 Å². The molecule has 5 nitrogen and oxygen atoms in total. The second kappa shape index (κ2) is 5.56. The number of hydrogen-bond acceptors (Lipinski definition) is 4. The Morgan fingerprint density at radius 1 is 1.00 bits per heavy atom. The Kier molecular flexibility index (Phi) is 3.35. The topological polar surface area (TPSA) is 69.4 Å². The average Bonchev–Trinajstić information content (AvgIpc) is 2.64. The quantitative estimate of drug-likeness (QED) is 0.519. The molecule has 0 aliphatic heterocycles. The normalized spacial score (nSPS) is 12.8. The lowest BCUT2D eigenvalue weighted by molar-refractivity contribution is -0.384. The Labute approximate surface area is 143 Å². The number of nitrogens with zero attached hydrogens (tertiary/aromatic N) is 1. The van der Waals surface area contributed by atoms with Crippen LogP contribution in [0, 0.1) is 10.1 Å². The molecule has 0 spiro atoms. The van der Waals surface area contributed by atoms with Crippen LogP contribution in [0.3, 0.4) is 0 Å². The summed E-state index contributed by atoms with van der Waals surface area (Å²) in [5, 5.41) is 12.8. The second-order valence-electron chi connectivity index (χ2n) is 5.82. The Morgan fingerprint density at radius 3 is 2.56 bits per heavy atom. The van der Waals surface area contributed by atoms with Crippen molar-refractivity contribution in [2.24, 2.45) is 0 Å². The van der Waals surface area contributed by atoms with Crippen molar-refractivity contribution in [3.05, 3.63) is 81.6 Å². The number of non-ortho nitro benzene ring substituents is 1. The molecule has 0 amide bonds. The molecule has 1 aliphatic rings. The first-order valence-corrected chi connectivity index (χ1v) is 7.70. The molecule has 0 heterocycles. The lowest BCUT2D eigenvalue weighted by Gasteiger charge is -2.17. The van der Waals surface area contributed by atoms with Gasteiger partial charge in [0.15, 0.2) is 5.76 Å². The molecular formula is C20H13NO4. The van der Waals surface area contributed by atoms with E-state index in [9.17, 15) is 14.9 Å². The van der Waals surface area contributed by atoms with Gasteiger partial charge in [-0.05, 0) is 40.3 Å². The number of carbonyl (C=O) groups excluding carboxylic acids is 1. The highest BCUT2D eigenvalue weighted by Gasteiger charge is 2.23. The predicted octanol–water partition coefficient (Wildman–Crippen LogP) is 4.60. The fraction of sp³-hybridized carbons (Fsp3) is 0.0500. The third-order valence-corrected chi connectivity index (χ3v) is 4.37. The SMILES string of the molecule is COC1=Cc2cc(-c3cccc([N+](=O)[O-])c3)cc3cccc(c23)C1=O. The summed E-state index contributed by atoms with van der Waals surface area (Å²) < 4.78 is 5.21. The molecule has 3 aromatic rings. The molecule has 0 N–H and O–H groups in total. The van der Waals surface area contributed by atoms with E-state index in [0.717, 1.165) is 27.5 Å². The Morgan fingerprint density at radius 2 is 1.80 bits per heavy atom. The first-order chi connectivity index (χ1) is 12.1. The minimum atomic E-state index is -0.408. The molecule has 1 aliphatic carbocycles. The summed E-state index contributed by atoms with van der Waals surface area (Å²) in [6.07, 6.45) is 1.72. The molecular weight excluding hydrogens is 318 g/mol. The van der Waals surface area contributed by atoms with Crippen LogP contribution in [-0.2, 0) is 4.74 Å². The molecule has 0 radical (unpaired) electrons. The summed E-state index contributed by atoms with van der Waals surface area (Å²) >= 11 is 0. The molecule has 0 fully saturated rings. The van der Waals surface area contributed by atoms with Gasteiger partial charge in [0.05, 0.1) is 12.0 Å². The van der Waals surface area contributed by atoms with E-state index < -0.39 is 4.92 Å². The first kappa shape index (κ1) is 15.1. The van der Waals surface area contributed by atoms with Crippen LogP contribution in [0.2, 0.25) is 0 Å². The number of ether oxygens (including phenoxy) is 1. The van der Waals surface area contributed by atoms with Gasteiger partial charge < -0.3 is 4.74 Å². The third kappa shape index (κ3) is 2.37. The number of benzene rings is 3. The highest BCUT2D eigenvalue weighted by Crippen LogP contribution is 2.36. The maximum absolute atomic E-state index is 12.4. The Hall–Kier alpha value is -3.47. The highest BCUT2D eigenvalue weighted by molar-refractivity contribution is 6.22. The molecule has 4 rings (SSSR count). The average molecular weight is 331 g/mol. The Balaban J connectivity index is 1.98. The van der Waals surface area contributed by atoms with Gasteiger partial charge in [-0.1, -0.05) is 30.3 Å². The molecule has 0 saturated carbocycles. The molecule has 25 heavy (non-hydrogen) atoms. The second-order valence-corrected chi connectivity index (χ2v) is 5.82.